The summed E-state index contributed by atoms with van der Waals surface area (Å²) in [5.41, 5.74) is 0. The molecule has 0 radical (unpaired) electrons. The summed E-state index contributed by atoms with van der Waals surface area (Å²) in [6.07, 6.45) is 29.2. The van der Waals surface area contributed by atoms with E-state index >= 15 is 0 Å². The van der Waals surface area contributed by atoms with Crippen molar-refractivity contribution in [3.8, 4) is 0 Å². The standard InChI is InChI=1S/C25H50N2/c1-4-7-9-11-13-15-17-19-22-27-24-23-26(21-6-3)25(27)20-18-16-14-12-10-8-5-2/h23-25H,4-22H2,1-3H3. The smallest absolute Gasteiger partial charge is 0.101 e. The molecule has 1 atom stereocenters. The number of hydrogen-bond donors (Lipinski definition) is 0. The highest BCUT2D eigenvalue weighted by Crippen LogP contribution is 2.23. The van der Waals surface area contributed by atoms with E-state index < -0.39 is 0 Å². The summed E-state index contributed by atoms with van der Waals surface area (Å²) < 4.78 is 0. The molecule has 1 heterocycles. The van der Waals surface area contributed by atoms with Gasteiger partial charge in [-0.15, -0.1) is 0 Å². The molecular formula is C25H50N2. The summed E-state index contributed by atoms with van der Waals surface area (Å²) in [5.74, 6) is 0. The summed E-state index contributed by atoms with van der Waals surface area (Å²) in [5, 5.41) is 0. The first-order valence-corrected chi connectivity index (χ1v) is 12.5. The quantitative estimate of drug-likeness (QED) is 0.209. The average Bonchev–Trinajstić information content (AvgIpc) is 3.05. The highest BCUT2D eigenvalue weighted by atomic mass is 15.4. The minimum absolute atomic E-state index is 0.644. The van der Waals surface area contributed by atoms with Gasteiger partial charge in [-0.25, -0.2) is 0 Å². The normalized spacial score (nSPS) is 16.6. The topological polar surface area (TPSA) is 6.48 Å². The predicted octanol–water partition coefficient (Wildman–Crippen LogP) is 8.09. The molecule has 0 saturated heterocycles. The Morgan fingerprint density at radius 1 is 0.481 bits per heavy atom. The molecule has 0 bridgehead atoms. The molecule has 1 unspecified atom stereocenters. The Morgan fingerprint density at radius 3 is 1.44 bits per heavy atom. The minimum Gasteiger partial charge on any atom is -0.356 e. The molecule has 1 aliphatic rings. The van der Waals surface area contributed by atoms with Crippen LogP contribution in [-0.2, 0) is 0 Å². The lowest BCUT2D eigenvalue weighted by atomic mass is 10.1. The third-order valence-corrected chi connectivity index (χ3v) is 6.03. The number of hydrogen-bond acceptors (Lipinski definition) is 2. The van der Waals surface area contributed by atoms with E-state index in [1.54, 1.807) is 0 Å². The zero-order chi connectivity index (χ0) is 19.6. The monoisotopic (exact) mass is 378 g/mol. The molecule has 2 nitrogen and oxygen atoms in total. The van der Waals surface area contributed by atoms with Crippen LogP contribution >= 0.6 is 0 Å². The Balaban J connectivity index is 2.17. The lowest BCUT2D eigenvalue weighted by molar-refractivity contribution is 0.137. The van der Waals surface area contributed by atoms with E-state index in [0.29, 0.717) is 6.17 Å². The molecule has 0 aromatic rings. The van der Waals surface area contributed by atoms with E-state index in [4.69, 9.17) is 0 Å². The molecule has 2 heteroatoms. The lowest BCUT2D eigenvalue weighted by Gasteiger charge is -2.33. The maximum Gasteiger partial charge on any atom is 0.101 e. The van der Waals surface area contributed by atoms with Crippen molar-refractivity contribution in [1.82, 2.24) is 9.80 Å². The van der Waals surface area contributed by atoms with Crippen LogP contribution in [0.3, 0.4) is 0 Å². The van der Waals surface area contributed by atoms with E-state index in [0.717, 1.165) is 0 Å². The van der Waals surface area contributed by atoms with Crippen molar-refractivity contribution in [2.24, 2.45) is 0 Å². The molecule has 0 amide bonds. The van der Waals surface area contributed by atoms with Crippen LogP contribution in [0.4, 0.5) is 0 Å². The van der Waals surface area contributed by atoms with Crippen LogP contribution < -0.4 is 0 Å². The molecule has 0 fully saturated rings. The van der Waals surface area contributed by atoms with Gasteiger partial charge in [-0.05, 0) is 25.7 Å². The molecular weight excluding hydrogens is 328 g/mol. The van der Waals surface area contributed by atoms with Gasteiger partial charge in [0, 0.05) is 25.5 Å². The zero-order valence-corrected chi connectivity index (χ0v) is 19.1. The van der Waals surface area contributed by atoms with Gasteiger partial charge < -0.3 is 9.80 Å². The van der Waals surface area contributed by atoms with Crippen LogP contribution in [0.2, 0.25) is 0 Å². The molecule has 1 rings (SSSR count). The van der Waals surface area contributed by atoms with Crippen molar-refractivity contribution in [1.29, 1.82) is 0 Å². The van der Waals surface area contributed by atoms with Crippen LogP contribution in [0, 0.1) is 0 Å². The van der Waals surface area contributed by atoms with Gasteiger partial charge in [-0.2, -0.15) is 0 Å². The van der Waals surface area contributed by atoms with Gasteiger partial charge in [0.25, 0.3) is 0 Å². The van der Waals surface area contributed by atoms with Crippen molar-refractivity contribution < 1.29 is 0 Å². The SMILES string of the molecule is CCCCCCCCCCN1C=CN(CCC)C1CCCCCCCCC. The molecule has 27 heavy (non-hydrogen) atoms. The van der Waals surface area contributed by atoms with Crippen LogP contribution in [0.25, 0.3) is 0 Å². The van der Waals surface area contributed by atoms with Crippen LogP contribution in [0.1, 0.15) is 130 Å². The Bertz CT molecular complexity index is 339. The van der Waals surface area contributed by atoms with Crippen molar-refractivity contribution in [3.63, 3.8) is 0 Å². The number of rotatable bonds is 19. The zero-order valence-electron chi connectivity index (χ0n) is 19.1. The second-order valence-corrected chi connectivity index (χ2v) is 8.64. The van der Waals surface area contributed by atoms with Crippen molar-refractivity contribution in [3.05, 3.63) is 12.4 Å². The van der Waals surface area contributed by atoms with E-state index in [-0.39, 0.29) is 0 Å². The minimum atomic E-state index is 0.644. The summed E-state index contributed by atoms with van der Waals surface area (Å²) >= 11 is 0. The van der Waals surface area contributed by atoms with Gasteiger partial charge in [-0.3, -0.25) is 0 Å². The Labute approximate surface area is 171 Å². The summed E-state index contributed by atoms with van der Waals surface area (Å²) in [6.45, 7) is 9.38. The Morgan fingerprint density at radius 2 is 0.926 bits per heavy atom. The summed E-state index contributed by atoms with van der Waals surface area (Å²) in [4.78, 5) is 5.24. The van der Waals surface area contributed by atoms with Gasteiger partial charge in [-0.1, -0.05) is 104 Å². The van der Waals surface area contributed by atoms with Crippen molar-refractivity contribution >= 4 is 0 Å². The summed E-state index contributed by atoms with van der Waals surface area (Å²) in [7, 11) is 0. The van der Waals surface area contributed by atoms with E-state index in [1.807, 2.05) is 0 Å². The molecule has 0 aromatic carbocycles. The van der Waals surface area contributed by atoms with Gasteiger partial charge in [0.1, 0.15) is 6.17 Å². The molecule has 0 spiro atoms. The molecule has 0 N–H and O–H groups in total. The molecule has 1 aliphatic heterocycles. The first-order chi connectivity index (χ1) is 13.3. The van der Waals surface area contributed by atoms with Gasteiger partial charge in [0.2, 0.25) is 0 Å². The van der Waals surface area contributed by atoms with Crippen LogP contribution in [0.5, 0.6) is 0 Å². The van der Waals surface area contributed by atoms with E-state index in [2.05, 4.69) is 43.0 Å². The third-order valence-electron chi connectivity index (χ3n) is 6.03. The highest BCUT2D eigenvalue weighted by molar-refractivity contribution is 4.96. The number of nitrogens with zero attached hydrogens (tertiary/aromatic N) is 2. The second kappa shape index (κ2) is 17.4. The maximum atomic E-state index is 2.64. The summed E-state index contributed by atoms with van der Waals surface area (Å²) in [6, 6.07) is 0. The number of unbranched alkanes of at least 4 members (excludes halogenated alkanes) is 13. The fourth-order valence-electron chi connectivity index (χ4n) is 4.31. The van der Waals surface area contributed by atoms with E-state index in [1.165, 1.54) is 122 Å². The fourth-order valence-corrected chi connectivity index (χ4v) is 4.31. The molecule has 0 aliphatic carbocycles. The first-order valence-electron chi connectivity index (χ1n) is 12.5. The molecule has 160 valence electrons. The first kappa shape index (κ1) is 24.4. The molecule has 0 aromatic heterocycles. The van der Waals surface area contributed by atoms with Crippen LogP contribution in [0.15, 0.2) is 12.4 Å². The highest BCUT2D eigenvalue weighted by Gasteiger charge is 2.24. The molecule has 0 saturated carbocycles. The third kappa shape index (κ3) is 11.7. The Hall–Kier alpha value is -0.660. The van der Waals surface area contributed by atoms with Crippen LogP contribution in [-0.4, -0.2) is 29.1 Å². The lowest BCUT2D eigenvalue weighted by Crippen LogP contribution is -2.39. The predicted molar refractivity (Wildman–Crippen MR) is 122 cm³/mol. The van der Waals surface area contributed by atoms with Crippen molar-refractivity contribution in [2.45, 2.75) is 136 Å². The van der Waals surface area contributed by atoms with Gasteiger partial charge in [0.05, 0.1) is 0 Å². The van der Waals surface area contributed by atoms with E-state index in [9.17, 15) is 0 Å². The van der Waals surface area contributed by atoms with Gasteiger partial charge >= 0.3 is 0 Å². The second-order valence-electron chi connectivity index (χ2n) is 8.64. The average molecular weight is 379 g/mol. The maximum absolute atomic E-state index is 2.64. The van der Waals surface area contributed by atoms with Gasteiger partial charge in [0.15, 0.2) is 0 Å². The Kier molecular flexibility index (Phi) is 15.7. The fraction of sp³-hybridized carbons (Fsp3) is 0.920. The van der Waals surface area contributed by atoms with Crippen molar-refractivity contribution in [2.75, 3.05) is 13.1 Å². The largest absolute Gasteiger partial charge is 0.356 e.